The van der Waals surface area contributed by atoms with Crippen LogP contribution >= 0.6 is 0 Å². The number of hydrogen-bond acceptors (Lipinski definition) is 6. The Bertz CT molecular complexity index is 1270. The SMILES string of the molecule is CN(C)c1ccc(-c2cn(-c3cc(-c4ccccn4)nc(-c4ccccn4)c3)nn2)cc1. The summed E-state index contributed by atoms with van der Waals surface area (Å²) in [5.41, 5.74) is 6.83. The lowest BCUT2D eigenvalue weighted by Crippen LogP contribution is -2.07. The van der Waals surface area contributed by atoms with Crippen molar-refractivity contribution in [2.45, 2.75) is 0 Å². The molecule has 0 saturated carbocycles. The fourth-order valence-electron chi connectivity index (χ4n) is 3.39. The van der Waals surface area contributed by atoms with Gasteiger partial charge in [0.25, 0.3) is 0 Å². The zero-order valence-corrected chi connectivity index (χ0v) is 17.8. The molecule has 0 aliphatic carbocycles. The van der Waals surface area contributed by atoms with E-state index >= 15 is 0 Å². The summed E-state index contributed by atoms with van der Waals surface area (Å²) in [4.78, 5) is 15.8. The maximum Gasteiger partial charge on any atom is 0.113 e. The molecular weight excluding hydrogens is 398 g/mol. The molecule has 4 heterocycles. The lowest BCUT2D eigenvalue weighted by Gasteiger charge is -2.11. The van der Waals surface area contributed by atoms with Gasteiger partial charge in [0.2, 0.25) is 0 Å². The van der Waals surface area contributed by atoms with Crippen LogP contribution in [0.25, 0.3) is 39.7 Å². The van der Waals surface area contributed by atoms with E-state index in [2.05, 4.69) is 49.4 Å². The van der Waals surface area contributed by atoms with Crippen molar-refractivity contribution in [2.24, 2.45) is 0 Å². The van der Waals surface area contributed by atoms with Crippen LogP contribution in [0.1, 0.15) is 0 Å². The molecule has 7 nitrogen and oxygen atoms in total. The molecule has 0 N–H and O–H groups in total. The molecular formula is C25H21N7. The summed E-state index contributed by atoms with van der Waals surface area (Å²) in [6.45, 7) is 0. The van der Waals surface area contributed by atoms with Crippen molar-refractivity contribution in [2.75, 3.05) is 19.0 Å². The summed E-state index contributed by atoms with van der Waals surface area (Å²) in [6, 6.07) is 23.7. The number of anilines is 1. The third-order valence-electron chi connectivity index (χ3n) is 5.10. The van der Waals surface area contributed by atoms with Gasteiger partial charge in [-0.25, -0.2) is 9.67 Å². The third kappa shape index (κ3) is 3.96. The van der Waals surface area contributed by atoms with E-state index in [0.29, 0.717) is 0 Å². The molecule has 156 valence electrons. The van der Waals surface area contributed by atoms with Crippen LogP contribution in [-0.2, 0) is 0 Å². The summed E-state index contributed by atoms with van der Waals surface area (Å²) >= 11 is 0. The lowest BCUT2D eigenvalue weighted by molar-refractivity contribution is 0.803. The summed E-state index contributed by atoms with van der Waals surface area (Å²) in [7, 11) is 4.04. The fraction of sp³-hybridized carbons (Fsp3) is 0.0800. The van der Waals surface area contributed by atoms with E-state index in [9.17, 15) is 0 Å². The van der Waals surface area contributed by atoms with E-state index in [1.165, 1.54) is 0 Å². The topological polar surface area (TPSA) is 72.6 Å². The second-order valence-electron chi connectivity index (χ2n) is 7.52. The Morgan fingerprint density at radius 1 is 0.688 bits per heavy atom. The molecule has 7 heteroatoms. The van der Waals surface area contributed by atoms with Crippen LogP contribution < -0.4 is 4.90 Å². The quantitative estimate of drug-likeness (QED) is 0.417. The molecule has 0 bridgehead atoms. The molecule has 1 aromatic carbocycles. The number of aromatic nitrogens is 6. The fourth-order valence-corrected chi connectivity index (χ4v) is 3.39. The predicted molar refractivity (Wildman–Crippen MR) is 125 cm³/mol. The van der Waals surface area contributed by atoms with E-state index in [1.54, 1.807) is 17.1 Å². The van der Waals surface area contributed by atoms with Gasteiger partial charge < -0.3 is 4.90 Å². The van der Waals surface area contributed by atoms with Crippen LogP contribution in [0, 0.1) is 0 Å². The Morgan fingerprint density at radius 2 is 1.31 bits per heavy atom. The van der Waals surface area contributed by atoms with Gasteiger partial charge in [0.05, 0.1) is 34.7 Å². The first-order chi connectivity index (χ1) is 15.7. The zero-order valence-electron chi connectivity index (χ0n) is 17.8. The second-order valence-corrected chi connectivity index (χ2v) is 7.52. The highest BCUT2D eigenvalue weighted by molar-refractivity contribution is 5.67. The maximum absolute atomic E-state index is 4.80. The summed E-state index contributed by atoms with van der Waals surface area (Å²) in [5.74, 6) is 0. The molecule has 0 unspecified atom stereocenters. The first-order valence-electron chi connectivity index (χ1n) is 10.2. The molecule has 0 spiro atoms. The maximum atomic E-state index is 4.80. The summed E-state index contributed by atoms with van der Waals surface area (Å²) in [6.07, 6.45) is 5.44. The highest BCUT2D eigenvalue weighted by Gasteiger charge is 2.12. The highest BCUT2D eigenvalue weighted by Crippen LogP contribution is 2.26. The molecule has 5 rings (SSSR count). The molecule has 4 aromatic heterocycles. The Balaban J connectivity index is 1.57. The number of pyridine rings is 3. The van der Waals surface area contributed by atoms with Gasteiger partial charge in [-0.1, -0.05) is 29.5 Å². The molecule has 0 aliphatic rings. The minimum atomic E-state index is 0.746. The van der Waals surface area contributed by atoms with Crippen molar-refractivity contribution in [3.8, 4) is 39.7 Å². The monoisotopic (exact) mass is 419 g/mol. The molecule has 32 heavy (non-hydrogen) atoms. The van der Waals surface area contributed by atoms with Crippen LogP contribution in [0.3, 0.4) is 0 Å². The summed E-state index contributed by atoms with van der Waals surface area (Å²) < 4.78 is 1.76. The Kier molecular flexibility index (Phi) is 5.13. The lowest BCUT2D eigenvalue weighted by atomic mass is 10.1. The van der Waals surface area contributed by atoms with Gasteiger partial charge in [0, 0.05) is 37.7 Å². The average Bonchev–Trinajstić information content (AvgIpc) is 3.35. The molecule has 0 saturated heterocycles. The Labute approximate surface area is 186 Å². The van der Waals surface area contributed by atoms with E-state index in [1.807, 2.05) is 68.8 Å². The molecule has 0 fully saturated rings. The zero-order chi connectivity index (χ0) is 21.9. The average molecular weight is 419 g/mol. The van der Waals surface area contributed by atoms with Gasteiger partial charge in [0.1, 0.15) is 5.69 Å². The van der Waals surface area contributed by atoms with Crippen LogP contribution in [0.5, 0.6) is 0 Å². The number of benzene rings is 1. The Hall–Kier alpha value is -4.39. The van der Waals surface area contributed by atoms with Gasteiger partial charge in [-0.05, 0) is 48.5 Å². The van der Waals surface area contributed by atoms with Gasteiger partial charge in [-0.3, -0.25) is 9.97 Å². The van der Waals surface area contributed by atoms with Crippen molar-refractivity contribution in [1.82, 2.24) is 29.9 Å². The van der Waals surface area contributed by atoms with Crippen molar-refractivity contribution >= 4 is 5.69 Å². The standard InChI is InChI=1S/C25H21N7/c1-31(2)19-11-9-18(10-12-19)25-17-32(30-29-25)20-15-23(21-7-3-5-13-26-21)28-24(16-20)22-8-4-6-14-27-22/h3-17H,1-2H3. The molecule has 0 amide bonds. The summed E-state index contributed by atoms with van der Waals surface area (Å²) in [5, 5.41) is 8.77. The van der Waals surface area contributed by atoms with Crippen molar-refractivity contribution in [1.29, 1.82) is 0 Å². The predicted octanol–water partition coefficient (Wildman–Crippen LogP) is 4.52. The minimum Gasteiger partial charge on any atom is -0.378 e. The largest absolute Gasteiger partial charge is 0.378 e. The van der Waals surface area contributed by atoms with E-state index in [4.69, 9.17) is 4.98 Å². The number of rotatable bonds is 5. The van der Waals surface area contributed by atoms with E-state index in [0.717, 1.165) is 45.4 Å². The molecule has 5 aromatic rings. The number of hydrogen-bond donors (Lipinski definition) is 0. The van der Waals surface area contributed by atoms with Gasteiger partial charge in [-0.15, -0.1) is 5.10 Å². The van der Waals surface area contributed by atoms with Crippen molar-refractivity contribution < 1.29 is 0 Å². The van der Waals surface area contributed by atoms with Crippen LogP contribution in [0.15, 0.2) is 91.4 Å². The number of nitrogens with zero attached hydrogens (tertiary/aromatic N) is 7. The first-order valence-corrected chi connectivity index (χ1v) is 10.2. The normalized spacial score (nSPS) is 10.8. The van der Waals surface area contributed by atoms with E-state index < -0.39 is 0 Å². The third-order valence-corrected chi connectivity index (χ3v) is 5.10. The van der Waals surface area contributed by atoms with Crippen LogP contribution in [-0.4, -0.2) is 44.0 Å². The minimum absolute atomic E-state index is 0.746. The molecule has 0 aliphatic heterocycles. The van der Waals surface area contributed by atoms with Gasteiger partial charge in [0.15, 0.2) is 0 Å². The van der Waals surface area contributed by atoms with Crippen molar-refractivity contribution in [3.05, 3.63) is 91.4 Å². The van der Waals surface area contributed by atoms with Gasteiger partial charge in [-0.2, -0.15) is 0 Å². The van der Waals surface area contributed by atoms with Crippen LogP contribution in [0.4, 0.5) is 5.69 Å². The first kappa shape index (κ1) is 19.6. The second kappa shape index (κ2) is 8.39. The Morgan fingerprint density at radius 3 is 1.84 bits per heavy atom. The highest BCUT2D eigenvalue weighted by atomic mass is 15.4. The molecule has 0 atom stereocenters. The van der Waals surface area contributed by atoms with Crippen LogP contribution in [0.2, 0.25) is 0 Å². The van der Waals surface area contributed by atoms with E-state index in [-0.39, 0.29) is 0 Å². The van der Waals surface area contributed by atoms with Gasteiger partial charge >= 0.3 is 0 Å². The van der Waals surface area contributed by atoms with Crippen molar-refractivity contribution in [3.63, 3.8) is 0 Å². The smallest absolute Gasteiger partial charge is 0.113 e. The molecule has 0 radical (unpaired) electrons.